The van der Waals surface area contributed by atoms with Gasteiger partial charge in [-0.2, -0.15) is 0 Å². The smallest absolute Gasteiger partial charge is 0.250 e. The van der Waals surface area contributed by atoms with Gasteiger partial charge >= 0.3 is 0 Å². The number of aromatic nitrogens is 1. The maximum atomic E-state index is 11.4. The van der Waals surface area contributed by atoms with E-state index in [-0.39, 0.29) is 0 Å². The molecule has 0 saturated carbocycles. The molecule has 0 bridgehead atoms. The van der Waals surface area contributed by atoms with Crippen molar-refractivity contribution in [3.63, 3.8) is 0 Å². The molecule has 1 aromatic rings. The number of rotatable bonds is 4. The van der Waals surface area contributed by atoms with E-state index >= 15 is 0 Å². The summed E-state index contributed by atoms with van der Waals surface area (Å²) in [5.41, 5.74) is 5.59. The third kappa shape index (κ3) is 3.02. The second-order valence-electron chi connectivity index (χ2n) is 4.92. The summed E-state index contributed by atoms with van der Waals surface area (Å²) in [4.78, 5) is 17.9. The van der Waals surface area contributed by atoms with Gasteiger partial charge in [-0.05, 0) is 13.0 Å². The van der Waals surface area contributed by atoms with E-state index in [0.29, 0.717) is 13.2 Å². The SMILES string of the molecule is CNc1ncccc1CN1CCOC(C)(C(N)=O)C1. The number of ether oxygens (including phenoxy) is 1. The number of nitrogens with two attached hydrogens (primary N) is 1. The number of carbonyl (C=O) groups excluding carboxylic acids is 1. The molecule has 1 atom stereocenters. The van der Waals surface area contributed by atoms with Crippen molar-refractivity contribution in [2.75, 3.05) is 32.1 Å². The number of morpholine rings is 1. The van der Waals surface area contributed by atoms with Crippen molar-refractivity contribution in [1.29, 1.82) is 0 Å². The fraction of sp³-hybridized carbons (Fsp3) is 0.538. The van der Waals surface area contributed by atoms with Gasteiger partial charge in [0.2, 0.25) is 0 Å². The summed E-state index contributed by atoms with van der Waals surface area (Å²) in [5, 5.41) is 3.07. The van der Waals surface area contributed by atoms with Gasteiger partial charge in [0, 0.05) is 38.4 Å². The normalized spacial score (nSPS) is 24.1. The third-order valence-corrected chi connectivity index (χ3v) is 3.40. The maximum Gasteiger partial charge on any atom is 0.250 e. The Bertz CT molecular complexity index is 466. The predicted molar refractivity (Wildman–Crippen MR) is 72.6 cm³/mol. The first-order valence-electron chi connectivity index (χ1n) is 6.33. The molecule has 3 N–H and O–H groups in total. The molecule has 0 aliphatic carbocycles. The molecular formula is C13H20N4O2. The van der Waals surface area contributed by atoms with Crippen LogP contribution in [0.2, 0.25) is 0 Å². The molecule has 2 heterocycles. The number of hydrogen-bond acceptors (Lipinski definition) is 5. The zero-order valence-electron chi connectivity index (χ0n) is 11.3. The van der Waals surface area contributed by atoms with E-state index in [1.54, 1.807) is 13.1 Å². The zero-order chi connectivity index (χ0) is 13.9. The second kappa shape index (κ2) is 5.54. The van der Waals surface area contributed by atoms with E-state index in [4.69, 9.17) is 10.5 Å². The van der Waals surface area contributed by atoms with Crippen LogP contribution < -0.4 is 11.1 Å². The first-order chi connectivity index (χ1) is 9.05. The van der Waals surface area contributed by atoms with Crippen molar-refractivity contribution in [2.45, 2.75) is 19.1 Å². The van der Waals surface area contributed by atoms with Crippen LogP contribution in [0.5, 0.6) is 0 Å². The van der Waals surface area contributed by atoms with Crippen molar-refractivity contribution < 1.29 is 9.53 Å². The summed E-state index contributed by atoms with van der Waals surface area (Å²) in [6.45, 7) is 4.25. The van der Waals surface area contributed by atoms with Crippen LogP contribution >= 0.6 is 0 Å². The first kappa shape index (κ1) is 13.8. The molecule has 0 radical (unpaired) electrons. The minimum Gasteiger partial charge on any atom is -0.373 e. The Hall–Kier alpha value is -1.66. The Kier molecular flexibility index (Phi) is 4.01. The van der Waals surface area contributed by atoms with Crippen molar-refractivity contribution in [2.24, 2.45) is 5.73 Å². The number of carbonyl (C=O) groups is 1. The molecule has 0 spiro atoms. The Labute approximate surface area is 112 Å². The predicted octanol–water partition coefficient (Wildman–Crippen LogP) is 0.200. The van der Waals surface area contributed by atoms with E-state index < -0.39 is 11.5 Å². The van der Waals surface area contributed by atoms with Gasteiger partial charge in [0.15, 0.2) is 5.60 Å². The number of primary amides is 1. The Balaban J connectivity index is 2.09. The molecule has 104 valence electrons. The van der Waals surface area contributed by atoms with Crippen molar-refractivity contribution in [3.05, 3.63) is 23.9 Å². The molecule has 19 heavy (non-hydrogen) atoms. The van der Waals surface area contributed by atoms with Gasteiger partial charge in [-0.25, -0.2) is 4.98 Å². The number of hydrogen-bond donors (Lipinski definition) is 2. The number of pyridine rings is 1. The summed E-state index contributed by atoms with van der Waals surface area (Å²) in [5.74, 6) is 0.437. The molecule has 6 heteroatoms. The van der Waals surface area contributed by atoms with Gasteiger partial charge in [0.25, 0.3) is 5.91 Å². The Morgan fingerprint density at radius 2 is 2.47 bits per heavy atom. The van der Waals surface area contributed by atoms with Gasteiger partial charge in [0.05, 0.1) is 6.61 Å². The zero-order valence-corrected chi connectivity index (χ0v) is 11.3. The second-order valence-corrected chi connectivity index (χ2v) is 4.92. The van der Waals surface area contributed by atoms with Gasteiger partial charge in [0.1, 0.15) is 5.82 Å². The quantitative estimate of drug-likeness (QED) is 0.812. The van der Waals surface area contributed by atoms with Crippen LogP contribution in [0.15, 0.2) is 18.3 Å². The van der Waals surface area contributed by atoms with E-state index in [2.05, 4.69) is 15.2 Å². The van der Waals surface area contributed by atoms with Crippen molar-refractivity contribution in [1.82, 2.24) is 9.88 Å². The standard InChI is InChI=1S/C13H20N4O2/c1-13(12(14)18)9-17(6-7-19-13)8-10-4-3-5-16-11(10)15-2/h3-5H,6-9H2,1-2H3,(H2,14,18)(H,15,16). The molecule has 0 aromatic carbocycles. The van der Waals surface area contributed by atoms with Crippen LogP contribution in [0.25, 0.3) is 0 Å². The van der Waals surface area contributed by atoms with Gasteiger partial charge in [-0.3, -0.25) is 9.69 Å². The molecule has 1 saturated heterocycles. The Morgan fingerprint density at radius 1 is 1.68 bits per heavy atom. The lowest BCUT2D eigenvalue weighted by Crippen LogP contribution is -2.56. The fourth-order valence-corrected chi connectivity index (χ4v) is 2.27. The van der Waals surface area contributed by atoms with Crippen LogP contribution in [0, 0.1) is 0 Å². The number of anilines is 1. The highest BCUT2D eigenvalue weighted by atomic mass is 16.5. The van der Waals surface area contributed by atoms with Gasteiger partial charge in [-0.15, -0.1) is 0 Å². The van der Waals surface area contributed by atoms with Crippen LogP contribution in [0.3, 0.4) is 0 Å². The molecule has 1 fully saturated rings. The minimum atomic E-state index is -0.903. The third-order valence-electron chi connectivity index (χ3n) is 3.40. The number of nitrogens with one attached hydrogen (secondary N) is 1. The van der Waals surface area contributed by atoms with Gasteiger partial charge in [-0.1, -0.05) is 6.07 Å². The van der Waals surface area contributed by atoms with Crippen LogP contribution in [-0.4, -0.2) is 48.1 Å². The lowest BCUT2D eigenvalue weighted by molar-refractivity contribution is -0.153. The summed E-state index contributed by atoms with van der Waals surface area (Å²) < 4.78 is 5.50. The highest BCUT2D eigenvalue weighted by Gasteiger charge is 2.37. The Morgan fingerprint density at radius 3 is 3.16 bits per heavy atom. The molecule has 1 aromatic heterocycles. The van der Waals surface area contributed by atoms with Gasteiger partial charge < -0.3 is 15.8 Å². The molecule has 1 amide bonds. The van der Waals surface area contributed by atoms with E-state index in [1.807, 2.05) is 19.2 Å². The summed E-state index contributed by atoms with van der Waals surface area (Å²) in [6.07, 6.45) is 1.75. The molecular weight excluding hydrogens is 244 g/mol. The fourth-order valence-electron chi connectivity index (χ4n) is 2.27. The van der Waals surface area contributed by atoms with E-state index in [0.717, 1.165) is 24.5 Å². The van der Waals surface area contributed by atoms with Crippen LogP contribution in [0.4, 0.5) is 5.82 Å². The summed E-state index contributed by atoms with van der Waals surface area (Å²) >= 11 is 0. The highest BCUT2D eigenvalue weighted by Crippen LogP contribution is 2.21. The average Bonchev–Trinajstić information content (AvgIpc) is 2.39. The number of amides is 1. The molecule has 6 nitrogen and oxygen atoms in total. The van der Waals surface area contributed by atoms with Crippen molar-refractivity contribution in [3.8, 4) is 0 Å². The summed E-state index contributed by atoms with van der Waals surface area (Å²) in [6, 6.07) is 3.93. The molecule has 1 aliphatic heterocycles. The molecule has 1 aliphatic rings. The average molecular weight is 264 g/mol. The molecule has 1 unspecified atom stereocenters. The monoisotopic (exact) mass is 264 g/mol. The topological polar surface area (TPSA) is 80.5 Å². The minimum absolute atomic E-state index is 0.419. The lowest BCUT2D eigenvalue weighted by atomic mass is 10.0. The largest absolute Gasteiger partial charge is 0.373 e. The van der Waals surface area contributed by atoms with E-state index in [1.165, 1.54) is 0 Å². The highest BCUT2D eigenvalue weighted by molar-refractivity contribution is 5.83. The number of nitrogens with zero attached hydrogens (tertiary/aromatic N) is 2. The summed E-state index contributed by atoms with van der Waals surface area (Å²) in [7, 11) is 1.85. The van der Waals surface area contributed by atoms with E-state index in [9.17, 15) is 4.79 Å². The lowest BCUT2D eigenvalue weighted by Gasteiger charge is -2.38. The first-order valence-corrected chi connectivity index (χ1v) is 6.33. The van der Waals surface area contributed by atoms with Crippen molar-refractivity contribution >= 4 is 11.7 Å². The van der Waals surface area contributed by atoms with Crippen LogP contribution in [0.1, 0.15) is 12.5 Å². The van der Waals surface area contributed by atoms with Crippen LogP contribution in [-0.2, 0) is 16.1 Å². The molecule has 2 rings (SSSR count). The maximum absolute atomic E-state index is 11.4.